The first-order valence-electron chi connectivity index (χ1n) is 5.81. The minimum absolute atomic E-state index is 0.0376. The second kappa shape index (κ2) is 4.68. The van der Waals surface area contributed by atoms with E-state index in [4.69, 9.17) is 0 Å². The van der Waals surface area contributed by atoms with Gasteiger partial charge in [0, 0.05) is 29.4 Å². The van der Waals surface area contributed by atoms with Crippen LogP contribution >= 0.6 is 15.9 Å². The van der Waals surface area contributed by atoms with Gasteiger partial charge in [-0.15, -0.1) is 0 Å². The number of hydrogen-bond donors (Lipinski definition) is 0. The van der Waals surface area contributed by atoms with Crippen molar-refractivity contribution in [1.29, 1.82) is 0 Å². The first kappa shape index (κ1) is 12.7. The molecule has 0 atom stereocenters. The summed E-state index contributed by atoms with van der Waals surface area (Å²) in [6.07, 6.45) is 3.46. The zero-order valence-electron chi connectivity index (χ0n) is 10.4. The van der Waals surface area contributed by atoms with Crippen molar-refractivity contribution in [2.24, 2.45) is 0 Å². The molecule has 7 heteroatoms. The number of aromatic nitrogens is 3. The Bertz CT molecular complexity index is 828. The summed E-state index contributed by atoms with van der Waals surface area (Å²) < 4.78 is 2.51. The Balaban J connectivity index is 2.33. The van der Waals surface area contributed by atoms with Crippen LogP contribution in [0.2, 0.25) is 0 Å². The fourth-order valence-corrected chi connectivity index (χ4v) is 2.35. The van der Waals surface area contributed by atoms with Crippen molar-refractivity contribution in [2.75, 3.05) is 0 Å². The van der Waals surface area contributed by atoms with Gasteiger partial charge >= 0.3 is 0 Å². The molecule has 0 fully saturated rings. The van der Waals surface area contributed by atoms with E-state index in [1.54, 1.807) is 23.1 Å². The van der Waals surface area contributed by atoms with Gasteiger partial charge in [0.05, 0.1) is 26.8 Å². The van der Waals surface area contributed by atoms with Crippen molar-refractivity contribution in [3.05, 3.63) is 56.9 Å². The number of nitrogens with zero attached hydrogens (tertiary/aromatic N) is 4. The average molecular weight is 333 g/mol. The molecule has 0 aliphatic heterocycles. The van der Waals surface area contributed by atoms with Gasteiger partial charge in [-0.3, -0.25) is 15.1 Å². The maximum Gasteiger partial charge on any atom is 0.270 e. The van der Waals surface area contributed by atoms with E-state index < -0.39 is 4.92 Å². The van der Waals surface area contributed by atoms with Crippen LogP contribution in [0, 0.1) is 17.0 Å². The van der Waals surface area contributed by atoms with Crippen molar-refractivity contribution in [1.82, 2.24) is 14.8 Å². The minimum Gasteiger partial charge on any atom is -0.258 e. The molecule has 3 rings (SSSR count). The van der Waals surface area contributed by atoms with Gasteiger partial charge in [-0.2, -0.15) is 5.10 Å². The predicted molar refractivity (Wildman–Crippen MR) is 78.0 cm³/mol. The first-order valence-corrected chi connectivity index (χ1v) is 6.60. The standard InChI is InChI=1S/C13H9BrN4O2/c1-8-4-13(17-7-9(14)6-15-17)11-5-10(18(19)20)2-3-12(11)16-8/h2-7H,1H3. The second-order valence-corrected chi connectivity index (χ2v) is 5.26. The van der Waals surface area contributed by atoms with E-state index >= 15 is 0 Å². The predicted octanol–water partition coefficient (Wildman–Crippen LogP) is 3.40. The maximum absolute atomic E-state index is 10.9. The molecule has 0 spiro atoms. The average Bonchev–Trinajstić information content (AvgIpc) is 2.83. The van der Waals surface area contributed by atoms with E-state index in [-0.39, 0.29) is 5.69 Å². The molecule has 0 N–H and O–H groups in total. The van der Waals surface area contributed by atoms with E-state index in [1.165, 1.54) is 12.1 Å². The Hall–Kier alpha value is -2.28. The number of hydrogen-bond acceptors (Lipinski definition) is 4. The lowest BCUT2D eigenvalue weighted by Gasteiger charge is -2.07. The summed E-state index contributed by atoms with van der Waals surface area (Å²) in [6.45, 7) is 1.88. The third kappa shape index (κ3) is 2.16. The maximum atomic E-state index is 10.9. The fourth-order valence-electron chi connectivity index (χ4n) is 2.06. The van der Waals surface area contributed by atoms with E-state index in [2.05, 4.69) is 26.0 Å². The van der Waals surface area contributed by atoms with Gasteiger partial charge in [-0.25, -0.2) is 4.68 Å². The van der Waals surface area contributed by atoms with E-state index in [0.29, 0.717) is 10.9 Å². The quantitative estimate of drug-likeness (QED) is 0.532. The largest absolute Gasteiger partial charge is 0.270 e. The van der Waals surface area contributed by atoms with Crippen LogP contribution in [0.25, 0.3) is 16.6 Å². The molecule has 20 heavy (non-hydrogen) atoms. The molecule has 6 nitrogen and oxygen atoms in total. The molecular formula is C13H9BrN4O2. The molecule has 0 bridgehead atoms. The Labute approximate surface area is 122 Å². The number of non-ortho nitro benzene ring substituents is 1. The van der Waals surface area contributed by atoms with E-state index in [9.17, 15) is 10.1 Å². The molecule has 0 amide bonds. The minimum atomic E-state index is -0.415. The van der Waals surface area contributed by atoms with Gasteiger partial charge in [0.1, 0.15) is 0 Å². The lowest BCUT2D eigenvalue weighted by molar-refractivity contribution is -0.384. The van der Waals surface area contributed by atoms with Crippen molar-refractivity contribution in [3.63, 3.8) is 0 Å². The smallest absolute Gasteiger partial charge is 0.258 e. The number of halogens is 1. The molecule has 0 aliphatic carbocycles. The fraction of sp³-hybridized carbons (Fsp3) is 0.0769. The van der Waals surface area contributed by atoms with Gasteiger partial charge in [0.2, 0.25) is 0 Å². The van der Waals surface area contributed by atoms with Crippen LogP contribution in [-0.2, 0) is 0 Å². The van der Waals surface area contributed by atoms with Gasteiger partial charge in [-0.1, -0.05) is 0 Å². The van der Waals surface area contributed by atoms with Crippen molar-refractivity contribution in [2.45, 2.75) is 6.92 Å². The Kier molecular flexibility index (Phi) is 2.98. The molecule has 3 aromatic rings. The zero-order valence-corrected chi connectivity index (χ0v) is 12.0. The summed E-state index contributed by atoms with van der Waals surface area (Å²) in [7, 11) is 0. The number of rotatable bonds is 2. The van der Waals surface area contributed by atoms with Gasteiger partial charge in [0.25, 0.3) is 5.69 Å². The van der Waals surface area contributed by atoms with Gasteiger partial charge in [-0.05, 0) is 35.0 Å². The normalized spacial score (nSPS) is 10.9. The number of benzene rings is 1. The van der Waals surface area contributed by atoms with Crippen LogP contribution in [0.15, 0.2) is 41.1 Å². The Morgan fingerprint density at radius 3 is 2.80 bits per heavy atom. The molecule has 100 valence electrons. The molecule has 0 saturated carbocycles. The highest BCUT2D eigenvalue weighted by molar-refractivity contribution is 9.10. The SMILES string of the molecule is Cc1cc(-n2cc(Br)cn2)c2cc([N+](=O)[O-])ccc2n1. The van der Waals surface area contributed by atoms with E-state index in [1.807, 2.05) is 13.0 Å². The molecule has 0 unspecified atom stereocenters. The molecule has 2 heterocycles. The van der Waals surface area contributed by atoms with Crippen LogP contribution in [0.5, 0.6) is 0 Å². The van der Waals surface area contributed by atoms with Crippen LogP contribution < -0.4 is 0 Å². The number of pyridine rings is 1. The lowest BCUT2D eigenvalue weighted by Crippen LogP contribution is -1.99. The highest BCUT2D eigenvalue weighted by Crippen LogP contribution is 2.26. The monoisotopic (exact) mass is 332 g/mol. The Morgan fingerprint density at radius 2 is 2.15 bits per heavy atom. The van der Waals surface area contributed by atoms with Crippen molar-refractivity contribution in [3.8, 4) is 5.69 Å². The molecule has 1 aromatic carbocycles. The summed E-state index contributed by atoms with van der Waals surface area (Å²) in [6, 6.07) is 6.48. The topological polar surface area (TPSA) is 73.8 Å². The summed E-state index contributed by atoms with van der Waals surface area (Å²) in [5.41, 5.74) is 2.34. The number of fused-ring (bicyclic) bond motifs is 1. The van der Waals surface area contributed by atoms with Crippen molar-refractivity contribution >= 4 is 32.5 Å². The molecule has 0 radical (unpaired) electrons. The van der Waals surface area contributed by atoms with Gasteiger partial charge in [0.15, 0.2) is 0 Å². The Morgan fingerprint density at radius 1 is 1.35 bits per heavy atom. The second-order valence-electron chi connectivity index (χ2n) is 4.34. The summed E-state index contributed by atoms with van der Waals surface area (Å²) in [5, 5.41) is 15.8. The van der Waals surface area contributed by atoms with Gasteiger partial charge < -0.3 is 0 Å². The highest BCUT2D eigenvalue weighted by Gasteiger charge is 2.12. The number of nitro benzene ring substituents is 1. The number of aryl methyl sites for hydroxylation is 1. The number of nitro groups is 1. The van der Waals surface area contributed by atoms with Crippen LogP contribution in [0.4, 0.5) is 5.69 Å². The van der Waals surface area contributed by atoms with E-state index in [0.717, 1.165) is 15.9 Å². The lowest BCUT2D eigenvalue weighted by atomic mass is 10.1. The van der Waals surface area contributed by atoms with Crippen molar-refractivity contribution < 1.29 is 4.92 Å². The summed E-state index contributed by atoms with van der Waals surface area (Å²) in [5.74, 6) is 0. The third-order valence-electron chi connectivity index (χ3n) is 2.91. The summed E-state index contributed by atoms with van der Waals surface area (Å²) >= 11 is 3.34. The molecule has 0 saturated heterocycles. The highest BCUT2D eigenvalue weighted by atomic mass is 79.9. The first-order chi connectivity index (χ1) is 9.54. The van der Waals surface area contributed by atoms with Crippen LogP contribution in [0.3, 0.4) is 0 Å². The zero-order chi connectivity index (χ0) is 14.3. The third-order valence-corrected chi connectivity index (χ3v) is 3.32. The van der Waals surface area contributed by atoms with Crippen LogP contribution in [0.1, 0.15) is 5.69 Å². The molecule has 0 aliphatic rings. The summed E-state index contributed by atoms with van der Waals surface area (Å²) in [4.78, 5) is 14.9. The molecular weight excluding hydrogens is 324 g/mol. The molecule has 2 aromatic heterocycles. The van der Waals surface area contributed by atoms with Crippen LogP contribution in [-0.4, -0.2) is 19.7 Å².